The lowest BCUT2D eigenvalue weighted by molar-refractivity contribution is 0.394. The second-order valence-electron chi connectivity index (χ2n) is 5.79. The van der Waals surface area contributed by atoms with E-state index in [4.69, 9.17) is 0 Å². The summed E-state index contributed by atoms with van der Waals surface area (Å²) in [6.07, 6.45) is 3.09. The zero-order valence-corrected chi connectivity index (χ0v) is 13.6. The molecule has 0 aliphatic carbocycles. The highest BCUT2D eigenvalue weighted by Gasteiger charge is 2.18. The molecule has 2 unspecified atom stereocenters. The summed E-state index contributed by atoms with van der Waals surface area (Å²) in [4.78, 5) is 5.77. The van der Waals surface area contributed by atoms with E-state index in [2.05, 4.69) is 68.3 Å². The molecular weight excluding hydrogens is 264 g/mol. The van der Waals surface area contributed by atoms with Crippen LogP contribution in [0, 0.1) is 12.8 Å². The lowest BCUT2D eigenvalue weighted by Crippen LogP contribution is -2.25. The molecule has 1 heterocycles. The SMILES string of the molecule is Cc1cnc(C(C)NC(CC(C)C)c2ccccc2)s1. The first kappa shape index (κ1) is 15.2. The smallest absolute Gasteiger partial charge is 0.109 e. The number of benzene rings is 1. The maximum atomic E-state index is 4.50. The van der Waals surface area contributed by atoms with Crippen molar-refractivity contribution >= 4 is 11.3 Å². The van der Waals surface area contributed by atoms with Crippen molar-refractivity contribution in [3.63, 3.8) is 0 Å². The van der Waals surface area contributed by atoms with E-state index >= 15 is 0 Å². The van der Waals surface area contributed by atoms with Gasteiger partial charge in [0.15, 0.2) is 0 Å². The molecule has 0 radical (unpaired) electrons. The van der Waals surface area contributed by atoms with Gasteiger partial charge in [0.1, 0.15) is 5.01 Å². The molecule has 2 atom stereocenters. The fourth-order valence-electron chi connectivity index (χ4n) is 2.40. The van der Waals surface area contributed by atoms with Gasteiger partial charge in [0, 0.05) is 17.1 Å². The van der Waals surface area contributed by atoms with E-state index in [9.17, 15) is 0 Å². The molecule has 0 fully saturated rings. The average Bonchev–Trinajstić information content (AvgIpc) is 2.85. The van der Waals surface area contributed by atoms with Crippen LogP contribution in [0.25, 0.3) is 0 Å². The molecule has 2 aromatic rings. The molecule has 0 bridgehead atoms. The monoisotopic (exact) mass is 288 g/mol. The van der Waals surface area contributed by atoms with Crippen LogP contribution in [0.2, 0.25) is 0 Å². The Hall–Kier alpha value is -1.19. The van der Waals surface area contributed by atoms with Gasteiger partial charge in [0.2, 0.25) is 0 Å². The third-order valence-corrected chi connectivity index (χ3v) is 4.47. The minimum absolute atomic E-state index is 0.289. The summed E-state index contributed by atoms with van der Waals surface area (Å²) in [6, 6.07) is 11.4. The van der Waals surface area contributed by atoms with E-state index in [1.807, 2.05) is 6.20 Å². The maximum absolute atomic E-state index is 4.50. The number of hydrogen-bond acceptors (Lipinski definition) is 3. The second-order valence-corrected chi connectivity index (χ2v) is 7.06. The summed E-state index contributed by atoms with van der Waals surface area (Å²) < 4.78 is 0. The molecule has 1 aromatic heterocycles. The van der Waals surface area contributed by atoms with Crippen molar-refractivity contribution in [2.75, 3.05) is 0 Å². The second kappa shape index (κ2) is 7.00. The van der Waals surface area contributed by atoms with Crippen molar-refractivity contribution in [2.45, 2.75) is 46.2 Å². The predicted octanol–water partition coefficient (Wildman–Crippen LogP) is 4.89. The summed E-state index contributed by atoms with van der Waals surface area (Å²) in [6.45, 7) is 8.86. The number of rotatable bonds is 6. The molecule has 20 heavy (non-hydrogen) atoms. The minimum Gasteiger partial charge on any atom is -0.301 e. The molecule has 0 saturated heterocycles. The number of aryl methyl sites for hydroxylation is 1. The van der Waals surface area contributed by atoms with Gasteiger partial charge in [-0.3, -0.25) is 0 Å². The van der Waals surface area contributed by atoms with Gasteiger partial charge in [-0.05, 0) is 31.7 Å². The molecule has 108 valence electrons. The molecule has 1 aromatic carbocycles. The number of hydrogen-bond donors (Lipinski definition) is 1. The lowest BCUT2D eigenvalue weighted by Gasteiger charge is -2.24. The molecule has 2 nitrogen and oxygen atoms in total. The van der Waals surface area contributed by atoms with Crippen molar-refractivity contribution < 1.29 is 0 Å². The summed E-state index contributed by atoms with van der Waals surface area (Å²) >= 11 is 1.78. The van der Waals surface area contributed by atoms with Gasteiger partial charge in [-0.25, -0.2) is 4.98 Å². The topological polar surface area (TPSA) is 24.9 Å². The zero-order valence-electron chi connectivity index (χ0n) is 12.8. The van der Waals surface area contributed by atoms with Gasteiger partial charge in [0.25, 0.3) is 0 Å². The number of nitrogens with zero attached hydrogens (tertiary/aromatic N) is 1. The van der Waals surface area contributed by atoms with Crippen molar-refractivity contribution in [1.29, 1.82) is 0 Å². The van der Waals surface area contributed by atoms with E-state index in [1.165, 1.54) is 15.4 Å². The highest BCUT2D eigenvalue weighted by atomic mass is 32.1. The van der Waals surface area contributed by atoms with E-state index < -0.39 is 0 Å². The summed E-state index contributed by atoms with van der Waals surface area (Å²) in [5.41, 5.74) is 1.36. The largest absolute Gasteiger partial charge is 0.301 e. The third kappa shape index (κ3) is 4.15. The van der Waals surface area contributed by atoms with Gasteiger partial charge in [0.05, 0.1) is 6.04 Å². The van der Waals surface area contributed by atoms with Crippen LogP contribution in [-0.4, -0.2) is 4.98 Å². The van der Waals surface area contributed by atoms with Crippen LogP contribution in [0.1, 0.15) is 54.7 Å². The van der Waals surface area contributed by atoms with Gasteiger partial charge in [-0.1, -0.05) is 44.2 Å². The Morgan fingerprint density at radius 1 is 1.15 bits per heavy atom. The van der Waals surface area contributed by atoms with Crippen LogP contribution < -0.4 is 5.32 Å². The Balaban J connectivity index is 2.11. The van der Waals surface area contributed by atoms with Crippen LogP contribution >= 0.6 is 11.3 Å². The zero-order chi connectivity index (χ0) is 14.5. The molecule has 0 aliphatic rings. The van der Waals surface area contributed by atoms with Gasteiger partial charge in [-0.15, -0.1) is 11.3 Å². The first-order chi connectivity index (χ1) is 9.56. The molecule has 0 amide bonds. The van der Waals surface area contributed by atoms with E-state index in [0.29, 0.717) is 12.0 Å². The third-order valence-electron chi connectivity index (χ3n) is 3.37. The van der Waals surface area contributed by atoms with Gasteiger partial charge < -0.3 is 5.32 Å². The molecular formula is C17H24N2S. The number of aromatic nitrogens is 1. The van der Waals surface area contributed by atoms with Crippen molar-refractivity contribution in [3.8, 4) is 0 Å². The molecule has 0 aliphatic heterocycles. The molecule has 2 rings (SSSR count). The minimum atomic E-state index is 0.289. The van der Waals surface area contributed by atoms with Crippen LogP contribution in [-0.2, 0) is 0 Å². The molecule has 1 N–H and O–H groups in total. The summed E-state index contributed by atoms with van der Waals surface area (Å²) in [5.74, 6) is 0.665. The fraction of sp³-hybridized carbons (Fsp3) is 0.471. The van der Waals surface area contributed by atoms with E-state index in [-0.39, 0.29) is 6.04 Å². The van der Waals surface area contributed by atoms with E-state index in [0.717, 1.165) is 6.42 Å². The van der Waals surface area contributed by atoms with Crippen molar-refractivity contribution in [1.82, 2.24) is 10.3 Å². The molecule has 3 heteroatoms. The lowest BCUT2D eigenvalue weighted by atomic mass is 9.96. The van der Waals surface area contributed by atoms with Crippen LogP contribution in [0.15, 0.2) is 36.5 Å². The Morgan fingerprint density at radius 2 is 1.85 bits per heavy atom. The van der Waals surface area contributed by atoms with Gasteiger partial charge in [-0.2, -0.15) is 0 Å². The Labute approximate surface area is 126 Å². The first-order valence-corrected chi connectivity index (χ1v) is 8.11. The summed E-state index contributed by atoms with van der Waals surface area (Å²) in [7, 11) is 0. The highest BCUT2D eigenvalue weighted by Crippen LogP contribution is 2.26. The predicted molar refractivity (Wildman–Crippen MR) is 87.0 cm³/mol. The fourth-order valence-corrected chi connectivity index (χ4v) is 3.19. The first-order valence-electron chi connectivity index (χ1n) is 7.29. The van der Waals surface area contributed by atoms with Crippen molar-refractivity contribution in [3.05, 3.63) is 52.0 Å². The Morgan fingerprint density at radius 3 is 2.40 bits per heavy atom. The van der Waals surface area contributed by atoms with Crippen molar-refractivity contribution in [2.24, 2.45) is 5.92 Å². The van der Waals surface area contributed by atoms with Gasteiger partial charge >= 0.3 is 0 Å². The maximum Gasteiger partial charge on any atom is 0.109 e. The Kier molecular flexibility index (Phi) is 5.32. The molecule has 0 saturated carbocycles. The normalized spacial score (nSPS) is 14.4. The Bertz CT molecular complexity index is 519. The number of thiazole rings is 1. The summed E-state index contributed by atoms with van der Waals surface area (Å²) in [5, 5.41) is 4.92. The van der Waals surface area contributed by atoms with Crippen LogP contribution in [0.3, 0.4) is 0 Å². The standard InChI is InChI=1S/C17H24N2S/c1-12(2)10-16(15-8-6-5-7-9-15)19-14(4)17-18-11-13(3)20-17/h5-9,11-12,14,16,19H,10H2,1-4H3. The van der Waals surface area contributed by atoms with E-state index in [1.54, 1.807) is 11.3 Å². The number of nitrogens with one attached hydrogen (secondary N) is 1. The molecule has 0 spiro atoms. The average molecular weight is 288 g/mol. The quantitative estimate of drug-likeness (QED) is 0.818. The van der Waals surface area contributed by atoms with Crippen LogP contribution in [0.4, 0.5) is 0 Å². The highest BCUT2D eigenvalue weighted by molar-refractivity contribution is 7.11. The van der Waals surface area contributed by atoms with Crippen LogP contribution in [0.5, 0.6) is 0 Å².